The van der Waals surface area contributed by atoms with Crippen molar-refractivity contribution in [3.05, 3.63) is 65.4 Å². The highest BCUT2D eigenvalue weighted by atomic mass is 16.5. The minimum Gasteiger partial charge on any atom is -0.497 e. The summed E-state index contributed by atoms with van der Waals surface area (Å²) in [6, 6.07) is 13.8. The van der Waals surface area contributed by atoms with Gasteiger partial charge in [0.1, 0.15) is 11.5 Å². The Kier molecular flexibility index (Phi) is 6.13. The third kappa shape index (κ3) is 4.55. The summed E-state index contributed by atoms with van der Waals surface area (Å²) in [5.74, 6) is 0.991. The summed E-state index contributed by atoms with van der Waals surface area (Å²) < 4.78 is 15.9. The second-order valence-corrected chi connectivity index (χ2v) is 6.10. The molecule has 3 rings (SSSR count). The van der Waals surface area contributed by atoms with Gasteiger partial charge >= 0.3 is 0 Å². The van der Waals surface area contributed by atoms with Gasteiger partial charge in [0.2, 0.25) is 0 Å². The first kappa shape index (κ1) is 19.9. The van der Waals surface area contributed by atoms with Crippen LogP contribution < -0.4 is 20.1 Å². The SMILES string of the molecule is CNC(=O)c1cccc(CNC(=O)c2cc(-c3cc(OC)ccc3OC)on2)c1. The van der Waals surface area contributed by atoms with Gasteiger partial charge in [0.25, 0.3) is 11.8 Å². The van der Waals surface area contributed by atoms with E-state index in [9.17, 15) is 9.59 Å². The fourth-order valence-electron chi connectivity index (χ4n) is 2.76. The number of carbonyl (C=O) groups excluding carboxylic acids is 2. The first-order valence-electron chi connectivity index (χ1n) is 8.84. The first-order chi connectivity index (χ1) is 14.0. The summed E-state index contributed by atoms with van der Waals surface area (Å²) in [5, 5.41) is 9.18. The van der Waals surface area contributed by atoms with Gasteiger partial charge < -0.3 is 24.6 Å². The van der Waals surface area contributed by atoms with E-state index in [2.05, 4.69) is 15.8 Å². The molecule has 0 saturated carbocycles. The predicted octanol–water partition coefficient (Wildman–Crippen LogP) is 2.65. The Bertz CT molecular complexity index is 1030. The maximum atomic E-state index is 12.4. The summed E-state index contributed by atoms with van der Waals surface area (Å²) in [6.07, 6.45) is 0. The van der Waals surface area contributed by atoms with E-state index >= 15 is 0 Å². The molecule has 0 aliphatic carbocycles. The second-order valence-electron chi connectivity index (χ2n) is 6.10. The lowest BCUT2D eigenvalue weighted by molar-refractivity contribution is 0.0940. The molecule has 150 valence electrons. The molecule has 8 nitrogen and oxygen atoms in total. The number of hydrogen-bond donors (Lipinski definition) is 2. The van der Waals surface area contributed by atoms with Crippen molar-refractivity contribution in [3.63, 3.8) is 0 Å². The van der Waals surface area contributed by atoms with Crippen molar-refractivity contribution in [2.45, 2.75) is 6.54 Å². The van der Waals surface area contributed by atoms with Crippen molar-refractivity contribution in [2.75, 3.05) is 21.3 Å². The van der Waals surface area contributed by atoms with Crippen LogP contribution in [0.25, 0.3) is 11.3 Å². The molecular formula is C21H21N3O5. The van der Waals surface area contributed by atoms with E-state index in [0.717, 1.165) is 5.56 Å². The normalized spacial score (nSPS) is 10.3. The highest BCUT2D eigenvalue weighted by molar-refractivity contribution is 5.94. The van der Waals surface area contributed by atoms with Gasteiger partial charge in [0.05, 0.1) is 19.8 Å². The predicted molar refractivity (Wildman–Crippen MR) is 106 cm³/mol. The molecule has 0 atom stereocenters. The van der Waals surface area contributed by atoms with Gasteiger partial charge in [0, 0.05) is 25.2 Å². The third-order valence-corrected chi connectivity index (χ3v) is 4.28. The molecule has 0 fully saturated rings. The van der Waals surface area contributed by atoms with E-state index in [4.69, 9.17) is 14.0 Å². The summed E-state index contributed by atoms with van der Waals surface area (Å²) in [6.45, 7) is 0.244. The molecule has 1 aromatic heterocycles. The third-order valence-electron chi connectivity index (χ3n) is 4.28. The maximum Gasteiger partial charge on any atom is 0.273 e. The largest absolute Gasteiger partial charge is 0.497 e. The van der Waals surface area contributed by atoms with Gasteiger partial charge in [-0.1, -0.05) is 17.3 Å². The molecule has 0 unspecified atom stereocenters. The van der Waals surface area contributed by atoms with Crippen LogP contribution in [0.4, 0.5) is 0 Å². The van der Waals surface area contributed by atoms with E-state index in [-0.39, 0.29) is 18.1 Å². The van der Waals surface area contributed by atoms with Crippen LogP contribution in [0.5, 0.6) is 11.5 Å². The van der Waals surface area contributed by atoms with Crippen molar-refractivity contribution in [2.24, 2.45) is 0 Å². The van der Waals surface area contributed by atoms with Crippen molar-refractivity contribution >= 4 is 11.8 Å². The number of rotatable bonds is 7. The molecule has 29 heavy (non-hydrogen) atoms. The molecule has 0 aliphatic rings. The quantitative estimate of drug-likeness (QED) is 0.638. The highest BCUT2D eigenvalue weighted by Gasteiger charge is 2.17. The monoisotopic (exact) mass is 395 g/mol. The Morgan fingerprint density at radius 3 is 2.59 bits per heavy atom. The molecule has 0 radical (unpaired) electrons. The molecule has 0 aliphatic heterocycles. The lowest BCUT2D eigenvalue weighted by Gasteiger charge is -2.07. The molecule has 1 heterocycles. The fraction of sp³-hybridized carbons (Fsp3) is 0.190. The lowest BCUT2D eigenvalue weighted by Crippen LogP contribution is -2.23. The summed E-state index contributed by atoms with van der Waals surface area (Å²) >= 11 is 0. The van der Waals surface area contributed by atoms with Crippen LogP contribution in [-0.2, 0) is 6.54 Å². The van der Waals surface area contributed by atoms with Gasteiger partial charge in [-0.3, -0.25) is 9.59 Å². The van der Waals surface area contributed by atoms with Gasteiger partial charge in [0.15, 0.2) is 11.5 Å². The minimum absolute atomic E-state index is 0.132. The number of amides is 2. The van der Waals surface area contributed by atoms with Gasteiger partial charge in [-0.05, 0) is 35.9 Å². The van der Waals surface area contributed by atoms with Crippen LogP contribution in [0.15, 0.2) is 53.1 Å². The average molecular weight is 395 g/mol. The number of methoxy groups -OCH3 is 2. The molecule has 2 aromatic carbocycles. The Hall–Kier alpha value is -3.81. The number of aromatic nitrogens is 1. The molecule has 0 spiro atoms. The lowest BCUT2D eigenvalue weighted by atomic mass is 10.1. The number of hydrogen-bond acceptors (Lipinski definition) is 6. The second kappa shape index (κ2) is 8.92. The Balaban J connectivity index is 1.73. The molecule has 2 N–H and O–H groups in total. The number of ether oxygens (including phenoxy) is 2. The number of nitrogens with zero attached hydrogens (tertiary/aromatic N) is 1. The van der Waals surface area contributed by atoms with Crippen LogP contribution in [0.1, 0.15) is 26.4 Å². The van der Waals surface area contributed by atoms with E-state index < -0.39 is 5.91 Å². The fourth-order valence-corrected chi connectivity index (χ4v) is 2.76. The Morgan fingerprint density at radius 1 is 1.03 bits per heavy atom. The average Bonchev–Trinajstić information content (AvgIpc) is 3.26. The molecular weight excluding hydrogens is 374 g/mol. The zero-order valence-electron chi connectivity index (χ0n) is 16.3. The maximum absolute atomic E-state index is 12.4. The topological polar surface area (TPSA) is 103 Å². The number of benzene rings is 2. The Morgan fingerprint density at radius 2 is 1.86 bits per heavy atom. The van der Waals surface area contributed by atoms with Crippen molar-refractivity contribution in [1.29, 1.82) is 0 Å². The van der Waals surface area contributed by atoms with Crippen LogP contribution in [-0.4, -0.2) is 38.2 Å². The van der Waals surface area contributed by atoms with Gasteiger partial charge in [-0.2, -0.15) is 0 Å². The van der Waals surface area contributed by atoms with Gasteiger partial charge in [-0.15, -0.1) is 0 Å². The standard InChI is InChI=1S/C21H21N3O5/c1-22-20(25)14-6-4-5-13(9-14)12-23-21(26)17-11-19(29-24-17)16-10-15(27-2)7-8-18(16)28-3/h4-11H,12H2,1-3H3,(H,22,25)(H,23,26). The summed E-state index contributed by atoms with van der Waals surface area (Å²) in [7, 11) is 4.67. The Labute approximate surface area is 167 Å². The summed E-state index contributed by atoms with van der Waals surface area (Å²) in [4.78, 5) is 24.2. The van der Waals surface area contributed by atoms with Crippen LogP contribution in [0.2, 0.25) is 0 Å². The summed E-state index contributed by atoms with van der Waals surface area (Å²) in [5.41, 5.74) is 2.06. The molecule has 0 saturated heterocycles. The van der Waals surface area contributed by atoms with Crippen molar-refractivity contribution < 1.29 is 23.6 Å². The van der Waals surface area contributed by atoms with Crippen LogP contribution in [0, 0.1) is 0 Å². The minimum atomic E-state index is -0.396. The molecule has 8 heteroatoms. The zero-order chi connectivity index (χ0) is 20.8. The van der Waals surface area contributed by atoms with Crippen molar-refractivity contribution in [1.82, 2.24) is 15.8 Å². The number of nitrogens with one attached hydrogen (secondary N) is 2. The number of carbonyl (C=O) groups is 2. The highest BCUT2D eigenvalue weighted by Crippen LogP contribution is 2.33. The van der Waals surface area contributed by atoms with Crippen LogP contribution in [0.3, 0.4) is 0 Å². The van der Waals surface area contributed by atoms with Gasteiger partial charge in [-0.25, -0.2) is 0 Å². The first-order valence-corrected chi connectivity index (χ1v) is 8.84. The van der Waals surface area contributed by atoms with E-state index in [0.29, 0.717) is 28.4 Å². The smallest absolute Gasteiger partial charge is 0.273 e. The van der Waals surface area contributed by atoms with E-state index in [1.807, 2.05) is 6.07 Å². The zero-order valence-corrected chi connectivity index (χ0v) is 16.3. The van der Waals surface area contributed by atoms with E-state index in [1.165, 1.54) is 6.07 Å². The van der Waals surface area contributed by atoms with Crippen molar-refractivity contribution in [3.8, 4) is 22.8 Å². The molecule has 2 amide bonds. The molecule has 3 aromatic rings. The van der Waals surface area contributed by atoms with E-state index in [1.54, 1.807) is 57.7 Å². The van der Waals surface area contributed by atoms with Crippen LogP contribution >= 0.6 is 0 Å². The molecule has 0 bridgehead atoms.